The first-order valence-corrected chi connectivity index (χ1v) is 7.74. The molecule has 6 heteroatoms. The van der Waals surface area contributed by atoms with Gasteiger partial charge in [-0.15, -0.1) is 0 Å². The number of allylic oxidation sites excluding steroid dienone is 1. The Morgan fingerprint density at radius 2 is 2.05 bits per heavy atom. The van der Waals surface area contributed by atoms with E-state index in [1.807, 2.05) is 36.4 Å². The molecule has 0 amide bonds. The molecule has 22 heavy (non-hydrogen) atoms. The third-order valence-electron chi connectivity index (χ3n) is 2.91. The number of thioether (sulfide) groups is 1. The van der Waals surface area contributed by atoms with E-state index in [0.29, 0.717) is 5.69 Å². The van der Waals surface area contributed by atoms with Gasteiger partial charge in [-0.3, -0.25) is 9.89 Å². The van der Waals surface area contributed by atoms with Crippen molar-refractivity contribution in [1.29, 1.82) is 0 Å². The fourth-order valence-electron chi connectivity index (χ4n) is 1.83. The minimum absolute atomic E-state index is 0.0712. The van der Waals surface area contributed by atoms with E-state index in [0.717, 1.165) is 23.3 Å². The molecule has 114 valence electrons. The lowest BCUT2D eigenvalue weighted by Gasteiger charge is -1.98. The van der Waals surface area contributed by atoms with Crippen LogP contribution in [0.4, 0.5) is 0 Å². The third-order valence-corrected chi connectivity index (χ3v) is 3.76. The van der Waals surface area contributed by atoms with Crippen LogP contribution < -0.4 is 0 Å². The number of H-pyrrole nitrogens is 1. The number of aromatic carboxylic acids is 1. The van der Waals surface area contributed by atoms with Crippen molar-refractivity contribution in [3.05, 3.63) is 47.7 Å². The first kappa shape index (κ1) is 16.0. The summed E-state index contributed by atoms with van der Waals surface area (Å²) in [5.41, 5.74) is 2.58. The lowest BCUT2D eigenvalue weighted by molar-refractivity contribution is -0.109. The van der Waals surface area contributed by atoms with Gasteiger partial charge in [0, 0.05) is 18.2 Å². The molecule has 0 saturated carbocycles. The number of hydrogen-bond donors (Lipinski definition) is 2. The second kappa shape index (κ2) is 7.61. The fraction of sp³-hybridized carbons (Fsp3) is 0.188. The Kier molecular flexibility index (Phi) is 5.55. The largest absolute Gasteiger partial charge is 0.477 e. The van der Waals surface area contributed by atoms with Gasteiger partial charge in [0.1, 0.15) is 5.69 Å². The zero-order valence-corrected chi connectivity index (χ0v) is 12.9. The summed E-state index contributed by atoms with van der Waals surface area (Å²) in [7, 11) is 0. The van der Waals surface area contributed by atoms with Gasteiger partial charge < -0.3 is 5.11 Å². The number of nitrogens with zero attached hydrogens (tertiary/aromatic N) is 1. The number of carboxylic acids is 1. The van der Waals surface area contributed by atoms with Crippen LogP contribution in [0.25, 0.3) is 17.3 Å². The number of nitrogens with one attached hydrogen (secondary N) is 1. The van der Waals surface area contributed by atoms with Crippen LogP contribution in [0.2, 0.25) is 0 Å². The Morgan fingerprint density at radius 1 is 1.32 bits per heavy atom. The zero-order valence-electron chi connectivity index (χ0n) is 12.1. The molecule has 0 fully saturated rings. The minimum atomic E-state index is -1.03. The highest BCUT2D eigenvalue weighted by molar-refractivity contribution is 8.13. The molecular weight excluding hydrogens is 300 g/mol. The molecule has 0 radical (unpaired) electrons. The van der Waals surface area contributed by atoms with E-state index in [2.05, 4.69) is 10.2 Å². The lowest BCUT2D eigenvalue weighted by atomic mass is 10.1. The second-order valence-corrected chi connectivity index (χ2v) is 5.90. The molecule has 1 aromatic heterocycles. The fourth-order valence-corrected chi connectivity index (χ4v) is 2.38. The number of aromatic amines is 1. The SMILES string of the molecule is CC(=O)SCCC=Cc1ccc(-c2cc(C(=O)O)[nH]n2)cc1. The number of carbonyl (C=O) groups is 2. The Labute approximate surface area is 132 Å². The molecule has 0 atom stereocenters. The van der Waals surface area contributed by atoms with Gasteiger partial charge in [-0.1, -0.05) is 48.2 Å². The summed E-state index contributed by atoms with van der Waals surface area (Å²) in [4.78, 5) is 21.6. The third kappa shape index (κ3) is 4.60. The molecule has 0 unspecified atom stereocenters. The molecule has 0 aliphatic carbocycles. The van der Waals surface area contributed by atoms with E-state index < -0.39 is 5.97 Å². The van der Waals surface area contributed by atoms with Crippen LogP contribution >= 0.6 is 11.8 Å². The van der Waals surface area contributed by atoms with Gasteiger partial charge in [-0.25, -0.2) is 4.79 Å². The maximum absolute atomic E-state index is 10.8. The number of rotatable bonds is 6. The van der Waals surface area contributed by atoms with Crippen molar-refractivity contribution in [2.24, 2.45) is 0 Å². The number of carboxylic acid groups (broad SMARTS) is 1. The van der Waals surface area contributed by atoms with Gasteiger partial charge in [0.05, 0.1) is 5.69 Å². The Morgan fingerprint density at radius 3 is 2.64 bits per heavy atom. The van der Waals surface area contributed by atoms with E-state index in [4.69, 9.17) is 5.11 Å². The zero-order chi connectivity index (χ0) is 15.9. The van der Waals surface area contributed by atoms with E-state index in [9.17, 15) is 9.59 Å². The van der Waals surface area contributed by atoms with E-state index in [1.54, 1.807) is 6.92 Å². The van der Waals surface area contributed by atoms with Gasteiger partial charge in [0.15, 0.2) is 5.12 Å². The van der Waals surface area contributed by atoms with Crippen molar-refractivity contribution in [3.8, 4) is 11.3 Å². The van der Waals surface area contributed by atoms with Crippen LogP contribution in [0.1, 0.15) is 29.4 Å². The predicted octanol–water partition coefficient (Wildman–Crippen LogP) is 3.46. The summed E-state index contributed by atoms with van der Waals surface area (Å²) in [5.74, 6) is -0.239. The van der Waals surface area contributed by atoms with Gasteiger partial charge in [-0.2, -0.15) is 5.10 Å². The molecule has 0 aliphatic heterocycles. The normalized spacial score (nSPS) is 11.0. The smallest absolute Gasteiger partial charge is 0.353 e. The van der Waals surface area contributed by atoms with Crippen molar-refractivity contribution >= 4 is 28.9 Å². The number of hydrogen-bond acceptors (Lipinski definition) is 4. The average Bonchev–Trinajstić information content (AvgIpc) is 2.97. The highest BCUT2D eigenvalue weighted by Gasteiger charge is 2.08. The monoisotopic (exact) mass is 316 g/mol. The number of benzene rings is 1. The van der Waals surface area contributed by atoms with Gasteiger partial charge in [0.25, 0.3) is 0 Å². The van der Waals surface area contributed by atoms with Crippen LogP contribution in [-0.4, -0.2) is 32.1 Å². The molecule has 5 nitrogen and oxygen atoms in total. The lowest BCUT2D eigenvalue weighted by Crippen LogP contribution is -1.95. The minimum Gasteiger partial charge on any atom is -0.477 e. The first-order valence-electron chi connectivity index (χ1n) is 6.75. The Bertz CT molecular complexity index is 690. The van der Waals surface area contributed by atoms with Crippen LogP contribution in [0.5, 0.6) is 0 Å². The summed E-state index contributed by atoms with van der Waals surface area (Å²) in [6.07, 6.45) is 4.87. The molecule has 0 bridgehead atoms. The van der Waals surface area contributed by atoms with Gasteiger partial charge in [-0.05, 0) is 18.1 Å². The van der Waals surface area contributed by atoms with E-state index in [1.165, 1.54) is 17.8 Å². The van der Waals surface area contributed by atoms with Crippen LogP contribution in [-0.2, 0) is 4.79 Å². The Balaban J connectivity index is 1.96. The average molecular weight is 316 g/mol. The standard InChI is InChI=1S/C16H16N2O3S/c1-11(19)22-9-3-2-4-12-5-7-13(8-6-12)14-10-15(16(20)21)18-17-14/h2,4-8,10H,3,9H2,1H3,(H,17,18)(H,20,21). The van der Waals surface area contributed by atoms with Crippen molar-refractivity contribution in [2.45, 2.75) is 13.3 Å². The molecular formula is C16H16N2O3S. The maximum atomic E-state index is 10.8. The molecule has 2 N–H and O–H groups in total. The molecule has 0 saturated heterocycles. The molecule has 2 aromatic rings. The molecule has 1 aromatic carbocycles. The topological polar surface area (TPSA) is 83.0 Å². The Hall–Kier alpha value is -2.34. The van der Waals surface area contributed by atoms with Gasteiger partial charge >= 0.3 is 5.97 Å². The van der Waals surface area contributed by atoms with Crippen molar-refractivity contribution in [2.75, 3.05) is 5.75 Å². The molecule has 0 spiro atoms. The predicted molar refractivity (Wildman–Crippen MR) is 87.8 cm³/mol. The second-order valence-electron chi connectivity index (χ2n) is 4.63. The first-order chi connectivity index (χ1) is 10.6. The van der Waals surface area contributed by atoms with Crippen molar-refractivity contribution < 1.29 is 14.7 Å². The van der Waals surface area contributed by atoms with Crippen molar-refractivity contribution in [1.82, 2.24) is 10.2 Å². The quantitative estimate of drug-likeness (QED) is 0.797. The molecule has 1 heterocycles. The van der Waals surface area contributed by atoms with E-state index >= 15 is 0 Å². The van der Waals surface area contributed by atoms with Crippen LogP contribution in [0.3, 0.4) is 0 Å². The highest BCUT2D eigenvalue weighted by Crippen LogP contribution is 2.19. The summed E-state index contributed by atoms with van der Waals surface area (Å²) < 4.78 is 0. The maximum Gasteiger partial charge on any atom is 0.353 e. The van der Waals surface area contributed by atoms with Crippen LogP contribution in [0.15, 0.2) is 36.4 Å². The number of carbonyl (C=O) groups excluding carboxylic acids is 1. The van der Waals surface area contributed by atoms with Gasteiger partial charge in [0.2, 0.25) is 0 Å². The number of aromatic nitrogens is 2. The van der Waals surface area contributed by atoms with Crippen molar-refractivity contribution in [3.63, 3.8) is 0 Å². The van der Waals surface area contributed by atoms with Crippen LogP contribution in [0, 0.1) is 0 Å². The summed E-state index contributed by atoms with van der Waals surface area (Å²) in [6.45, 7) is 1.57. The summed E-state index contributed by atoms with van der Waals surface area (Å²) >= 11 is 1.32. The molecule has 0 aliphatic rings. The van der Waals surface area contributed by atoms with E-state index in [-0.39, 0.29) is 10.8 Å². The highest BCUT2D eigenvalue weighted by atomic mass is 32.2. The summed E-state index contributed by atoms with van der Waals surface area (Å²) in [5, 5.41) is 15.5. The summed E-state index contributed by atoms with van der Waals surface area (Å²) in [6, 6.07) is 9.18. The molecule has 2 rings (SSSR count).